The zero-order valence-electron chi connectivity index (χ0n) is 8.25. The number of aldehydes is 1. The van der Waals surface area contributed by atoms with Crippen LogP contribution in [0, 0.1) is 0 Å². The molecule has 0 unspecified atom stereocenters. The molecule has 0 spiro atoms. The molecule has 0 amide bonds. The summed E-state index contributed by atoms with van der Waals surface area (Å²) in [6.45, 7) is 0. The summed E-state index contributed by atoms with van der Waals surface area (Å²) >= 11 is 17.5. The number of benzene rings is 1. The fraction of sp³-hybridized carbons (Fsp3) is 0. The van der Waals surface area contributed by atoms with Crippen molar-refractivity contribution < 1.29 is 13.9 Å². The van der Waals surface area contributed by atoms with Gasteiger partial charge in [0, 0.05) is 12.1 Å². The van der Waals surface area contributed by atoms with E-state index in [1.54, 1.807) is 0 Å². The van der Waals surface area contributed by atoms with E-state index in [4.69, 9.17) is 44.0 Å². The molecule has 1 aromatic heterocycles. The predicted molar refractivity (Wildman–Crippen MR) is 65.6 cm³/mol. The zero-order valence-corrected chi connectivity index (χ0v) is 10.5. The van der Waals surface area contributed by atoms with Gasteiger partial charge in [-0.1, -0.05) is 34.8 Å². The van der Waals surface area contributed by atoms with Crippen molar-refractivity contribution >= 4 is 41.1 Å². The maximum atomic E-state index is 10.4. The van der Waals surface area contributed by atoms with Crippen molar-refractivity contribution in [3.8, 4) is 11.7 Å². The smallest absolute Gasteiger partial charge is 0.290 e. The summed E-state index contributed by atoms with van der Waals surface area (Å²) in [6.07, 6.45) is 0.573. The topological polar surface area (TPSA) is 39.4 Å². The van der Waals surface area contributed by atoms with E-state index >= 15 is 0 Å². The van der Waals surface area contributed by atoms with Crippen LogP contribution in [0.3, 0.4) is 0 Å². The molecule has 0 fully saturated rings. The van der Waals surface area contributed by atoms with Crippen molar-refractivity contribution in [1.29, 1.82) is 0 Å². The van der Waals surface area contributed by atoms with Crippen LogP contribution in [-0.2, 0) is 0 Å². The first-order valence-corrected chi connectivity index (χ1v) is 5.61. The van der Waals surface area contributed by atoms with E-state index in [0.717, 1.165) is 0 Å². The third-order valence-electron chi connectivity index (χ3n) is 1.90. The number of rotatable bonds is 3. The molecule has 0 aliphatic heterocycles. The van der Waals surface area contributed by atoms with Crippen LogP contribution in [0.5, 0.6) is 11.7 Å². The molecule has 0 saturated heterocycles. The summed E-state index contributed by atoms with van der Waals surface area (Å²) < 4.78 is 10.4. The predicted octanol–water partition coefficient (Wildman–Crippen LogP) is 4.84. The van der Waals surface area contributed by atoms with Crippen LogP contribution >= 0.6 is 34.8 Å². The Morgan fingerprint density at radius 2 is 1.76 bits per heavy atom. The largest absolute Gasteiger partial charge is 0.424 e. The number of furan rings is 1. The molecule has 2 rings (SSSR count). The van der Waals surface area contributed by atoms with Gasteiger partial charge in [0.05, 0.1) is 15.1 Å². The second kappa shape index (κ2) is 5.00. The van der Waals surface area contributed by atoms with Gasteiger partial charge in [0.15, 0.2) is 17.8 Å². The molecule has 0 N–H and O–H groups in total. The Kier molecular flexibility index (Phi) is 3.62. The molecular weight excluding hydrogens is 286 g/mol. The molecule has 2 aromatic rings. The molecule has 0 radical (unpaired) electrons. The Bertz CT molecular complexity index is 563. The number of ether oxygens (including phenoxy) is 1. The molecule has 0 aliphatic rings. The minimum Gasteiger partial charge on any atom is -0.424 e. The normalized spacial score (nSPS) is 10.3. The highest BCUT2D eigenvalue weighted by Gasteiger charge is 2.10. The van der Waals surface area contributed by atoms with Gasteiger partial charge in [-0.25, -0.2) is 0 Å². The summed E-state index contributed by atoms with van der Waals surface area (Å²) in [5.74, 6) is 0.608. The Morgan fingerprint density at radius 1 is 1.06 bits per heavy atom. The highest BCUT2D eigenvalue weighted by atomic mass is 35.5. The third kappa shape index (κ3) is 2.75. The van der Waals surface area contributed by atoms with Crippen molar-refractivity contribution in [2.45, 2.75) is 0 Å². The molecule has 88 valence electrons. The Balaban J connectivity index is 2.29. The van der Waals surface area contributed by atoms with Crippen LogP contribution in [-0.4, -0.2) is 6.29 Å². The van der Waals surface area contributed by atoms with Crippen molar-refractivity contribution in [2.75, 3.05) is 0 Å². The molecule has 1 heterocycles. The molecule has 0 saturated carbocycles. The van der Waals surface area contributed by atoms with Crippen LogP contribution in [0.4, 0.5) is 0 Å². The molecule has 0 aliphatic carbocycles. The maximum absolute atomic E-state index is 10.4. The second-order valence-corrected chi connectivity index (χ2v) is 4.30. The number of hydrogen-bond donors (Lipinski definition) is 0. The van der Waals surface area contributed by atoms with Crippen LogP contribution in [0.1, 0.15) is 10.6 Å². The molecule has 17 heavy (non-hydrogen) atoms. The van der Waals surface area contributed by atoms with Crippen molar-refractivity contribution in [3.05, 3.63) is 45.1 Å². The minimum absolute atomic E-state index is 0.146. The minimum atomic E-state index is 0.146. The monoisotopic (exact) mass is 290 g/mol. The Labute approximate surface area is 112 Å². The van der Waals surface area contributed by atoms with E-state index in [0.29, 0.717) is 27.1 Å². The molecular formula is C11H5Cl3O3. The van der Waals surface area contributed by atoms with Gasteiger partial charge < -0.3 is 9.15 Å². The Morgan fingerprint density at radius 3 is 2.41 bits per heavy atom. The van der Waals surface area contributed by atoms with E-state index in [2.05, 4.69) is 0 Å². The summed E-state index contributed by atoms with van der Waals surface area (Å²) in [4.78, 5) is 10.4. The molecule has 1 aromatic carbocycles. The van der Waals surface area contributed by atoms with Crippen LogP contribution in [0.2, 0.25) is 15.1 Å². The van der Waals surface area contributed by atoms with Gasteiger partial charge in [-0.05, 0) is 12.1 Å². The van der Waals surface area contributed by atoms with Crippen molar-refractivity contribution in [1.82, 2.24) is 0 Å². The molecule has 0 atom stereocenters. The third-order valence-corrected chi connectivity index (χ3v) is 2.92. The van der Waals surface area contributed by atoms with Gasteiger partial charge in [0.2, 0.25) is 0 Å². The van der Waals surface area contributed by atoms with Crippen molar-refractivity contribution in [3.63, 3.8) is 0 Å². The van der Waals surface area contributed by atoms with Gasteiger partial charge in [0.1, 0.15) is 0 Å². The summed E-state index contributed by atoms with van der Waals surface area (Å²) in [7, 11) is 0. The summed E-state index contributed by atoms with van der Waals surface area (Å²) in [6, 6.07) is 5.91. The maximum Gasteiger partial charge on any atom is 0.290 e. The van der Waals surface area contributed by atoms with Gasteiger partial charge in [0.25, 0.3) is 5.95 Å². The lowest BCUT2D eigenvalue weighted by Gasteiger charge is -2.05. The lowest BCUT2D eigenvalue weighted by atomic mass is 10.3. The standard InChI is InChI=1S/C11H5Cl3O3/c12-7-3-9(14)10(4-8(7)13)17-11-2-1-6(5-15)16-11/h1-5H. The van der Waals surface area contributed by atoms with E-state index in [-0.39, 0.29) is 11.7 Å². The first kappa shape index (κ1) is 12.3. The average Bonchev–Trinajstić information content (AvgIpc) is 2.73. The van der Waals surface area contributed by atoms with Gasteiger partial charge in [-0.15, -0.1) is 0 Å². The number of carbonyl (C=O) groups excluding carboxylic acids is 1. The quantitative estimate of drug-likeness (QED) is 0.600. The van der Waals surface area contributed by atoms with Crippen molar-refractivity contribution in [2.24, 2.45) is 0 Å². The fourth-order valence-electron chi connectivity index (χ4n) is 1.14. The van der Waals surface area contributed by atoms with E-state index in [1.165, 1.54) is 24.3 Å². The first-order chi connectivity index (χ1) is 8.10. The first-order valence-electron chi connectivity index (χ1n) is 4.47. The van der Waals surface area contributed by atoms with Crippen LogP contribution < -0.4 is 4.74 Å². The molecule has 0 bridgehead atoms. The lowest BCUT2D eigenvalue weighted by Crippen LogP contribution is -1.84. The van der Waals surface area contributed by atoms with Gasteiger partial charge in [-0.3, -0.25) is 4.79 Å². The number of halogens is 3. The Hall–Kier alpha value is -1.16. The SMILES string of the molecule is O=Cc1ccc(Oc2cc(Cl)c(Cl)cc2Cl)o1. The molecule has 3 nitrogen and oxygen atoms in total. The van der Waals surface area contributed by atoms with E-state index < -0.39 is 0 Å². The fourth-order valence-corrected chi connectivity index (χ4v) is 1.72. The lowest BCUT2D eigenvalue weighted by molar-refractivity contribution is 0.109. The second-order valence-electron chi connectivity index (χ2n) is 3.07. The van der Waals surface area contributed by atoms with E-state index in [9.17, 15) is 4.79 Å². The number of hydrogen-bond acceptors (Lipinski definition) is 3. The van der Waals surface area contributed by atoms with Gasteiger partial charge >= 0.3 is 0 Å². The summed E-state index contributed by atoms with van der Waals surface area (Å²) in [5.41, 5.74) is 0. The average molecular weight is 292 g/mol. The highest BCUT2D eigenvalue weighted by molar-refractivity contribution is 6.43. The highest BCUT2D eigenvalue weighted by Crippen LogP contribution is 2.36. The zero-order chi connectivity index (χ0) is 12.4. The molecule has 6 heteroatoms. The van der Waals surface area contributed by atoms with Crippen LogP contribution in [0.25, 0.3) is 0 Å². The van der Waals surface area contributed by atoms with Crippen LogP contribution in [0.15, 0.2) is 28.7 Å². The number of carbonyl (C=O) groups is 1. The van der Waals surface area contributed by atoms with E-state index in [1.807, 2.05) is 0 Å². The van der Waals surface area contributed by atoms with Gasteiger partial charge in [-0.2, -0.15) is 0 Å². The summed E-state index contributed by atoms with van der Waals surface area (Å²) in [5, 5.41) is 0.939.